The average molecular weight is 399 g/mol. The molecule has 6 nitrogen and oxygen atoms in total. The van der Waals surface area contributed by atoms with Crippen LogP contribution in [0.1, 0.15) is 43.1 Å². The molecule has 27 heavy (non-hydrogen) atoms. The highest BCUT2D eigenvalue weighted by molar-refractivity contribution is 7.94. The van der Waals surface area contributed by atoms with Gasteiger partial charge < -0.3 is 4.42 Å². The zero-order chi connectivity index (χ0) is 18.9. The Morgan fingerprint density at radius 2 is 1.89 bits per heavy atom. The van der Waals surface area contributed by atoms with Crippen molar-refractivity contribution in [3.05, 3.63) is 54.0 Å². The van der Waals surface area contributed by atoms with Gasteiger partial charge in [0, 0.05) is 11.6 Å². The molecule has 8 heteroatoms. The van der Waals surface area contributed by atoms with Gasteiger partial charge >= 0.3 is 0 Å². The van der Waals surface area contributed by atoms with Crippen molar-refractivity contribution in [2.24, 2.45) is 0 Å². The van der Waals surface area contributed by atoms with Crippen LogP contribution in [0.4, 0.5) is 5.69 Å². The lowest BCUT2D eigenvalue weighted by Gasteiger charge is -2.05. The summed E-state index contributed by atoms with van der Waals surface area (Å²) >= 11 is 1.14. The lowest BCUT2D eigenvalue weighted by Crippen LogP contribution is -2.11. The molecule has 138 valence electrons. The maximum absolute atomic E-state index is 12.6. The van der Waals surface area contributed by atoms with Crippen molar-refractivity contribution in [2.45, 2.75) is 35.8 Å². The molecular formula is C19H17N3O3S2. The molecule has 0 unspecified atom stereocenters. The van der Waals surface area contributed by atoms with Crippen molar-refractivity contribution in [1.29, 1.82) is 5.26 Å². The van der Waals surface area contributed by atoms with E-state index in [2.05, 4.69) is 9.71 Å². The highest BCUT2D eigenvalue weighted by atomic mass is 32.2. The maximum atomic E-state index is 12.6. The molecule has 0 radical (unpaired) electrons. The van der Waals surface area contributed by atoms with E-state index in [1.54, 1.807) is 42.6 Å². The van der Waals surface area contributed by atoms with Crippen molar-refractivity contribution < 1.29 is 12.8 Å². The topological polar surface area (TPSA) is 96.0 Å². The second-order valence-corrected chi connectivity index (χ2v) is 9.45. The van der Waals surface area contributed by atoms with E-state index in [4.69, 9.17) is 9.68 Å². The Balaban J connectivity index is 1.53. The SMILES string of the molecule is N#Cc1ccc(NS(=O)(=O)c2ccc(-c3cnc(C4CCCC4)o3)s2)cc1. The van der Waals surface area contributed by atoms with Gasteiger partial charge in [-0.1, -0.05) is 12.8 Å². The quantitative estimate of drug-likeness (QED) is 0.669. The van der Waals surface area contributed by atoms with Gasteiger partial charge in [0.2, 0.25) is 0 Å². The van der Waals surface area contributed by atoms with Crippen LogP contribution in [0, 0.1) is 11.3 Å². The van der Waals surface area contributed by atoms with E-state index in [1.165, 1.54) is 12.8 Å². The van der Waals surface area contributed by atoms with Crippen molar-refractivity contribution >= 4 is 27.0 Å². The average Bonchev–Trinajstić information content (AvgIpc) is 3.42. The maximum Gasteiger partial charge on any atom is 0.271 e. The van der Waals surface area contributed by atoms with E-state index in [1.807, 2.05) is 6.07 Å². The number of anilines is 1. The predicted octanol–water partition coefficient (Wildman–Crippen LogP) is 4.73. The molecule has 1 fully saturated rings. The first-order valence-corrected chi connectivity index (χ1v) is 10.9. The lowest BCUT2D eigenvalue weighted by molar-refractivity contribution is 0.458. The number of nitrogens with zero attached hydrogens (tertiary/aromatic N) is 2. The molecule has 0 bridgehead atoms. The predicted molar refractivity (Wildman–Crippen MR) is 103 cm³/mol. The van der Waals surface area contributed by atoms with E-state index in [0.29, 0.717) is 22.9 Å². The summed E-state index contributed by atoms with van der Waals surface area (Å²) < 4.78 is 33.8. The standard InChI is InChI=1S/C19H17N3O3S2/c20-11-13-5-7-15(8-6-13)22-27(23,24)18-10-9-17(26-18)16-12-21-19(25-16)14-3-1-2-4-14/h5-10,12,14,22H,1-4H2. The smallest absolute Gasteiger partial charge is 0.271 e. The molecule has 2 heterocycles. The Kier molecular flexibility index (Phi) is 4.72. The number of hydrogen-bond acceptors (Lipinski definition) is 6. The molecule has 3 aromatic rings. The number of benzene rings is 1. The number of aromatic nitrogens is 1. The number of sulfonamides is 1. The summed E-state index contributed by atoms with van der Waals surface area (Å²) in [5, 5.41) is 8.82. The van der Waals surface area contributed by atoms with E-state index in [9.17, 15) is 8.42 Å². The van der Waals surface area contributed by atoms with Gasteiger partial charge in [-0.25, -0.2) is 13.4 Å². The van der Waals surface area contributed by atoms with Crippen LogP contribution >= 0.6 is 11.3 Å². The number of nitriles is 1. The highest BCUT2D eigenvalue weighted by Crippen LogP contribution is 2.37. The lowest BCUT2D eigenvalue weighted by atomic mass is 10.1. The Morgan fingerprint density at radius 3 is 2.59 bits per heavy atom. The molecule has 1 aliphatic carbocycles. The number of hydrogen-bond donors (Lipinski definition) is 1. The minimum atomic E-state index is -3.71. The minimum Gasteiger partial charge on any atom is -0.440 e. The summed E-state index contributed by atoms with van der Waals surface area (Å²) in [6.07, 6.45) is 6.26. The van der Waals surface area contributed by atoms with Gasteiger partial charge in [0.15, 0.2) is 11.7 Å². The molecule has 1 N–H and O–H groups in total. The third-order valence-corrected chi connectivity index (χ3v) is 7.56. The zero-order valence-electron chi connectivity index (χ0n) is 14.4. The Hall–Kier alpha value is -2.63. The van der Waals surface area contributed by atoms with Crippen LogP contribution in [0.25, 0.3) is 10.6 Å². The zero-order valence-corrected chi connectivity index (χ0v) is 16.0. The van der Waals surface area contributed by atoms with Crippen LogP contribution in [-0.4, -0.2) is 13.4 Å². The van der Waals surface area contributed by atoms with Gasteiger partial charge in [-0.2, -0.15) is 5.26 Å². The number of rotatable bonds is 5. The molecule has 4 rings (SSSR count). The fourth-order valence-corrected chi connectivity index (χ4v) is 5.49. The summed E-state index contributed by atoms with van der Waals surface area (Å²) in [6, 6.07) is 11.6. The molecule has 0 spiro atoms. The first-order chi connectivity index (χ1) is 13.0. The van der Waals surface area contributed by atoms with Gasteiger partial charge in [-0.05, 0) is 49.2 Å². The fraction of sp³-hybridized carbons (Fsp3) is 0.263. The summed E-state index contributed by atoms with van der Waals surface area (Å²) in [5.41, 5.74) is 0.881. The third-order valence-electron chi connectivity index (χ3n) is 4.58. The first-order valence-electron chi connectivity index (χ1n) is 8.64. The summed E-state index contributed by atoms with van der Waals surface area (Å²) in [7, 11) is -3.71. The molecule has 1 saturated carbocycles. The Labute approximate surface area is 161 Å². The monoisotopic (exact) mass is 399 g/mol. The van der Waals surface area contributed by atoms with Gasteiger partial charge in [0.05, 0.1) is 22.7 Å². The van der Waals surface area contributed by atoms with Crippen LogP contribution < -0.4 is 4.72 Å². The summed E-state index contributed by atoms with van der Waals surface area (Å²) in [4.78, 5) is 5.11. The highest BCUT2D eigenvalue weighted by Gasteiger charge is 2.23. The van der Waals surface area contributed by atoms with Crippen LogP contribution in [0.2, 0.25) is 0 Å². The molecule has 0 aliphatic heterocycles. The second kappa shape index (κ2) is 7.18. The number of nitrogens with one attached hydrogen (secondary N) is 1. The Morgan fingerprint density at radius 1 is 1.15 bits per heavy atom. The van der Waals surface area contributed by atoms with Crippen LogP contribution in [0.15, 0.2) is 51.2 Å². The second-order valence-electron chi connectivity index (χ2n) is 6.46. The van der Waals surface area contributed by atoms with E-state index < -0.39 is 10.0 Å². The molecule has 2 aromatic heterocycles. The molecule has 1 aliphatic rings. The summed E-state index contributed by atoms with van der Waals surface area (Å²) in [6.45, 7) is 0. The van der Waals surface area contributed by atoms with E-state index in [0.717, 1.165) is 34.9 Å². The van der Waals surface area contributed by atoms with Gasteiger partial charge in [-0.15, -0.1) is 11.3 Å². The minimum absolute atomic E-state index is 0.195. The van der Waals surface area contributed by atoms with E-state index >= 15 is 0 Å². The largest absolute Gasteiger partial charge is 0.440 e. The van der Waals surface area contributed by atoms with Crippen molar-refractivity contribution in [3.63, 3.8) is 0 Å². The normalized spacial score (nSPS) is 14.9. The van der Waals surface area contributed by atoms with Gasteiger partial charge in [-0.3, -0.25) is 4.72 Å². The van der Waals surface area contributed by atoms with Gasteiger partial charge in [0.25, 0.3) is 10.0 Å². The van der Waals surface area contributed by atoms with Crippen LogP contribution in [-0.2, 0) is 10.0 Å². The van der Waals surface area contributed by atoms with Crippen LogP contribution in [0.5, 0.6) is 0 Å². The van der Waals surface area contributed by atoms with Crippen molar-refractivity contribution in [2.75, 3.05) is 4.72 Å². The number of thiophene rings is 1. The molecule has 1 aromatic carbocycles. The third kappa shape index (κ3) is 3.75. The summed E-state index contributed by atoms with van der Waals surface area (Å²) in [5.74, 6) is 1.72. The molecular weight excluding hydrogens is 382 g/mol. The fourth-order valence-electron chi connectivity index (χ4n) is 3.18. The van der Waals surface area contributed by atoms with E-state index in [-0.39, 0.29) is 4.21 Å². The Bertz CT molecular complexity index is 1090. The first kappa shape index (κ1) is 17.8. The van der Waals surface area contributed by atoms with Crippen molar-refractivity contribution in [3.8, 4) is 16.7 Å². The number of oxazole rings is 1. The molecule has 0 saturated heterocycles. The van der Waals surface area contributed by atoms with Crippen LogP contribution in [0.3, 0.4) is 0 Å². The molecule has 0 amide bonds. The molecule has 0 atom stereocenters. The van der Waals surface area contributed by atoms with Gasteiger partial charge in [0.1, 0.15) is 4.21 Å². The van der Waals surface area contributed by atoms with Crippen molar-refractivity contribution in [1.82, 2.24) is 4.98 Å².